The van der Waals surface area contributed by atoms with Crippen molar-refractivity contribution in [2.24, 2.45) is 0 Å². The molecule has 0 saturated heterocycles. The van der Waals surface area contributed by atoms with Crippen LogP contribution in [0.15, 0.2) is 17.5 Å². The van der Waals surface area contributed by atoms with Crippen LogP contribution in [0.25, 0.3) is 10.6 Å². The van der Waals surface area contributed by atoms with Crippen LogP contribution >= 0.6 is 11.3 Å². The molecule has 0 amide bonds. The summed E-state index contributed by atoms with van der Waals surface area (Å²) in [6, 6.07) is 5.03. The summed E-state index contributed by atoms with van der Waals surface area (Å²) in [4.78, 5) is 1.27. The topological polar surface area (TPSA) is 40.7 Å². The summed E-state index contributed by atoms with van der Waals surface area (Å²) in [5.74, 6) is 0. The van der Waals surface area contributed by atoms with Crippen LogP contribution in [0, 0.1) is 6.92 Å². The lowest BCUT2D eigenvalue weighted by atomic mass is 10.2. The van der Waals surface area contributed by atoms with Crippen molar-refractivity contribution in [1.29, 1.82) is 0 Å². The van der Waals surface area contributed by atoms with E-state index in [0.29, 0.717) is 0 Å². The van der Waals surface area contributed by atoms with Gasteiger partial charge in [0.1, 0.15) is 5.69 Å². The molecule has 0 unspecified atom stereocenters. The molecule has 1 fully saturated rings. The highest BCUT2D eigenvalue weighted by Crippen LogP contribution is 2.27. The highest BCUT2D eigenvalue weighted by molar-refractivity contribution is 7.13. The first-order valence-corrected chi connectivity index (χ1v) is 6.53. The summed E-state index contributed by atoms with van der Waals surface area (Å²) >= 11 is 1.75. The van der Waals surface area contributed by atoms with Crippen molar-refractivity contribution in [3.05, 3.63) is 28.8 Å². The first-order valence-electron chi connectivity index (χ1n) is 5.65. The van der Waals surface area contributed by atoms with E-state index in [4.69, 9.17) is 0 Å². The molecule has 3 nitrogen and oxygen atoms in total. The number of nitrogens with one attached hydrogen (secondary N) is 2. The summed E-state index contributed by atoms with van der Waals surface area (Å²) in [5.41, 5.74) is 3.55. The highest BCUT2D eigenvalue weighted by atomic mass is 32.1. The lowest BCUT2D eigenvalue weighted by Gasteiger charge is -1.97. The molecule has 0 atom stereocenters. The first-order chi connectivity index (χ1) is 7.83. The van der Waals surface area contributed by atoms with Gasteiger partial charge in [0, 0.05) is 18.3 Å². The number of aromatic nitrogens is 2. The molecule has 0 radical (unpaired) electrons. The van der Waals surface area contributed by atoms with E-state index in [1.54, 1.807) is 11.3 Å². The van der Waals surface area contributed by atoms with E-state index in [1.807, 2.05) is 0 Å². The standard InChI is InChI=1S/C12H15N3S/c1-8-4-5-16-12(8)11-6-10(14-15-11)7-13-9-2-3-9/h4-6,9,13H,2-3,7H2,1H3,(H,14,15). The second-order valence-electron chi connectivity index (χ2n) is 4.37. The molecule has 0 spiro atoms. The molecule has 4 heteroatoms. The molecule has 1 aliphatic rings. The van der Waals surface area contributed by atoms with E-state index < -0.39 is 0 Å². The summed E-state index contributed by atoms with van der Waals surface area (Å²) in [7, 11) is 0. The first kappa shape index (κ1) is 10.1. The van der Waals surface area contributed by atoms with Crippen molar-refractivity contribution in [2.45, 2.75) is 32.4 Å². The van der Waals surface area contributed by atoms with Crippen LogP contribution in [0.4, 0.5) is 0 Å². The average molecular weight is 233 g/mol. The predicted octanol–water partition coefficient (Wildman–Crippen LogP) is 2.70. The number of rotatable bonds is 4. The van der Waals surface area contributed by atoms with Gasteiger partial charge in [0.05, 0.1) is 4.88 Å². The van der Waals surface area contributed by atoms with Crippen LogP contribution in [0.2, 0.25) is 0 Å². The minimum absolute atomic E-state index is 0.746. The van der Waals surface area contributed by atoms with Crippen molar-refractivity contribution in [3.8, 4) is 10.6 Å². The van der Waals surface area contributed by atoms with Crippen molar-refractivity contribution >= 4 is 11.3 Å². The molecule has 2 heterocycles. The van der Waals surface area contributed by atoms with Gasteiger partial charge in [0.2, 0.25) is 0 Å². The molecule has 0 aromatic carbocycles. The molecule has 1 aliphatic carbocycles. The molecule has 2 N–H and O–H groups in total. The fourth-order valence-corrected chi connectivity index (χ4v) is 2.63. The Morgan fingerprint density at radius 1 is 1.56 bits per heavy atom. The number of nitrogens with zero attached hydrogens (tertiary/aromatic N) is 1. The van der Waals surface area contributed by atoms with Gasteiger partial charge in [-0.1, -0.05) is 0 Å². The third-order valence-electron chi connectivity index (χ3n) is 2.88. The summed E-state index contributed by atoms with van der Waals surface area (Å²) in [5, 5.41) is 13.1. The van der Waals surface area contributed by atoms with Crippen molar-refractivity contribution in [2.75, 3.05) is 0 Å². The van der Waals surface area contributed by atoms with Gasteiger partial charge >= 0.3 is 0 Å². The SMILES string of the molecule is Cc1ccsc1-c1cc(CNC2CC2)[nH]n1. The Hall–Kier alpha value is -1.13. The van der Waals surface area contributed by atoms with Crippen molar-refractivity contribution in [3.63, 3.8) is 0 Å². The van der Waals surface area contributed by atoms with Gasteiger partial charge in [-0.05, 0) is 42.8 Å². The second-order valence-corrected chi connectivity index (χ2v) is 5.28. The van der Waals surface area contributed by atoms with E-state index >= 15 is 0 Å². The van der Waals surface area contributed by atoms with Gasteiger partial charge in [0.15, 0.2) is 0 Å². The Bertz CT molecular complexity index is 482. The van der Waals surface area contributed by atoms with Gasteiger partial charge in [-0.3, -0.25) is 5.10 Å². The smallest absolute Gasteiger partial charge is 0.103 e. The quantitative estimate of drug-likeness (QED) is 0.852. The van der Waals surface area contributed by atoms with E-state index in [9.17, 15) is 0 Å². The average Bonchev–Trinajstić information content (AvgIpc) is 2.82. The lowest BCUT2D eigenvalue weighted by Crippen LogP contribution is -2.15. The molecule has 3 rings (SSSR count). The molecule has 2 aromatic rings. The zero-order valence-corrected chi connectivity index (χ0v) is 10.1. The largest absolute Gasteiger partial charge is 0.308 e. The van der Waals surface area contributed by atoms with Crippen LogP contribution in [0.3, 0.4) is 0 Å². The van der Waals surface area contributed by atoms with Crippen LogP contribution in [-0.4, -0.2) is 16.2 Å². The fourth-order valence-electron chi connectivity index (χ4n) is 1.75. The maximum Gasteiger partial charge on any atom is 0.103 e. The van der Waals surface area contributed by atoms with Crippen LogP contribution in [0.5, 0.6) is 0 Å². The second kappa shape index (κ2) is 4.03. The van der Waals surface area contributed by atoms with E-state index in [-0.39, 0.29) is 0 Å². The number of hydrogen-bond acceptors (Lipinski definition) is 3. The van der Waals surface area contributed by atoms with Gasteiger partial charge in [-0.2, -0.15) is 5.10 Å². The Morgan fingerprint density at radius 2 is 2.44 bits per heavy atom. The Labute approximate surface area is 98.9 Å². The summed E-state index contributed by atoms with van der Waals surface area (Å²) < 4.78 is 0. The highest BCUT2D eigenvalue weighted by Gasteiger charge is 2.20. The van der Waals surface area contributed by atoms with E-state index in [2.05, 4.69) is 40.0 Å². The Balaban J connectivity index is 1.74. The molecule has 0 bridgehead atoms. The summed E-state index contributed by atoms with van der Waals surface area (Å²) in [6.45, 7) is 3.03. The number of aromatic amines is 1. The normalized spacial score (nSPS) is 15.6. The summed E-state index contributed by atoms with van der Waals surface area (Å²) in [6.07, 6.45) is 2.65. The number of aryl methyl sites for hydroxylation is 1. The number of hydrogen-bond donors (Lipinski definition) is 2. The molecular weight excluding hydrogens is 218 g/mol. The molecule has 1 saturated carbocycles. The zero-order chi connectivity index (χ0) is 11.0. The minimum atomic E-state index is 0.746. The van der Waals surface area contributed by atoms with Crippen molar-refractivity contribution in [1.82, 2.24) is 15.5 Å². The molecule has 2 aromatic heterocycles. The molecular formula is C12H15N3S. The van der Waals surface area contributed by atoms with Crippen LogP contribution in [-0.2, 0) is 6.54 Å². The van der Waals surface area contributed by atoms with E-state index in [0.717, 1.165) is 18.3 Å². The van der Waals surface area contributed by atoms with Gasteiger partial charge in [0.25, 0.3) is 0 Å². The number of H-pyrrole nitrogens is 1. The zero-order valence-electron chi connectivity index (χ0n) is 9.29. The Kier molecular flexibility index (Phi) is 2.53. The molecule has 16 heavy (non-hydrogen) atoms. The fraction of sp³-hybridized carbons (Fsp3) is 0.417. The van der Waals surface area contributed by atoms with E-state index in [1.165, 1.54) is 29.0 Å². The molecule has 84 valence electrons. The third-order valence-corrected chi connectivity index (χ3v) is 3.92. The maximum absolute atomic E-state index is 4.36. The predicted molar refractivity (Wildman–Crippen MR) is 66.5 cm³/mol. The van der Waals surface area contributed by atoms with Gasteiger partial charge in [-0.15, -0.1) is 11.3 Å². The van der Waals surface area contributed by atoms with Gasteiger partial charge < -0.3 is 5.32 Å². The van der Waals surface area contributed by atoms with Gasteiger partial charge in [-0.25, -0.2) is 0 Å². The maximum atomic E-state index is 4.36. The Morgan fingerprint density at radius 3 is 3.12 bits per heavy atom. The number of thiophene rings is 1. The lowest BCUT2D eigenvalue weighted by molar-refractivity contribution is 0.672. The third kappa shape index (κ3) is 2.03. The minimum Gasteiger partial charge on any atom is -0.308 e. The van der Waals surface area contributed by atoms with Crippen molar-refractivity contribution < 1.29 is 0 Å². The van der Waals surface area contributed by atoms with Crippen LogP contribution in [0.1, 0.15) is 24.1 Å². The van der Waals surface area contributed by atoms with Crippen LogP contribution < -0.4 is 5.32 Å². The monoisotopic (exact) mass is 233 g/mol. The molecule has 0 aliphatic heterocycles.